The molecule has 1 aliphatic heterocycles. The topological polar surface area (TPSA) is 69.4 Å². The number of rotatable bonds is 8. The Hall–Kier alpha value is -4.17. The quantitative estimate of drug-likeness (QED) is 0.124. The molecule has 1 aliphatic rings. The van der Waals surface area contributed by atoms with Crippen molar-refractivity contribution < 1.29 is 28.1 Å². The van der Waals surface area contributed by atoms with Gasteiger partial charge in [0.05, 0.1) is 35.6 Å². The fraction of sp³-hybridized carbons (Fsp3) is 0.371. The second-order valence-electron chi connectivity index (χ2n) is 11.0. The molecule has 43 heavy (non-hydrogen) atoms. The highest BCUT2D eigenvalue weighted by Gasteiger charge is 2.32. The first-order chi connectivity index (χ1) is 21.0. The fourth-order valence-electron chi connectivity index (χ4n) is 6.42. The lowest BCUT2D eigenvalue weighted by Crippen LogP contribution is -2.35. The summed E-state index contributed by atoms with van der Waals surface area (Å²) in [5, 5.41) is 6.48. The van der Waals surface area contributed by atoms with Gasteiger partial charge in [-0.3, -0.25) is 0 Å². The van der Waals surface area contributed by atoms with E-state index in [4.69, 9.17) is 14.2 Å². The van der Waals surface area contributed by atoms with Gasteiger partial charge in [0.15, 0.2) is 7.05 Å². The van der Waals surface area contributed by atoms with Crippen molar-refractivity contribution in [2.24, 2.45) is 7.05 Å². The average molecular weight is 585 g/mol. The number of hydrogen-bond acceptors (Lipinski definition) is 4. The first-order valence-electron chi connectivity index (χ1n) is 15.3. The summed E-state index contributed by atoms with van der Waals surface area (Å²) in [4.78, 5) is 13.6. The molecule has 0 unspecified atom stereocenters. The molecular weight excluding hydrogens is 545 g/mol. The van der Waals surface area contributed by atoms with Crippen LogP contribution in [-0.2, 0) is 42.5 Å². The average Bonchev–Trinajstić information content (AvgIpc) is 3.49. The van der Waals surface area contributed by atoms with E-state index >= 15 is 4.39 Å². The number of carbonyl (C=O) groups excluding carboxylic acids is 1. The molecule has 7 nitrogen and oxygen atoms in total. The number of carbonyl (C=O) groups is 1. The van der Waals surface area contributed by atoms with E-state index in [1.165, 1.54) is 6.07 Å². The zero-order valence-electron chi connectivity index (χ0n) is 25.2. The molecule has 0 radical (unpaired) electrons. The summed E-state index contributed by atoms with van der Waals surface area (Å²) in [6.45, 7) is 6.13. The van der Waals surface area contributed by atoms with E-state index < -0.39 is 0 Å². The SMILES string of the molecule is CCOC(=O)c1c(CCCOc2cccc3ccccc23)c2ccc(F)c3c2n1CCCCOCc1c-3c(CC)[nH][n+]1C. The van der Waals surface area contributed by atoms with Gasteiger partial charge in [0, 0.05) is 23.9 Å². The van der Waals surface area contributed by atoms with Gasteiger partial charge < -0.3 is 18.8 Å². The van der Waals surface area contributed by atoms with Crippen LogP contribution in [0.3, 0.4) is 0 Å². The zero-order chi connectivity index (χ0) is 29.9. The molecule has 0 saturated carbocycles. The van der Waals surface area contributed by atoms with Gasteiger partial charge in [-0.2, -0.15) is 5.10 Å². The molecular formula is C35H39FN3O4+. The largest absolute Gasteiger partial charge is 0.493 e. The molecule has 224 valence electrons. The van der Waals surface area contributed by atoms with Crippen molar-refractivity contribution in [2.45, 2.75) is 59.1 Å². The number of ether oxygens (including phenoxy) is 3. The molecule has 0 atom stereocenters. The van der Waals surface area contributed by atoms with E-state index in [1.54, 1.807) is 0 Å². The second-order valence-corrected chi connectivity index (χ2v) is 11.0. The van der Waals surface area contributed by atoms with Crippen molar-refractivity contribution in [3.63, 3.8) is 0 Å². The molecule has 8 heteroatoms. The molecule has 3 aromatic carbocycles. The van der Waals surface area contributed by atoms with Crippen molar-refractivity contribution in [3.05, 3.63) is 83.1 Å². The minimum Gasteiger partial charge on any atom is -0.493 e. The summed E-state index contributed by atoms with van der Waals surface area (Å²) in [6, 6.07) is 17.6. The van der Waals surface area contributed by atoms with Crippen LogP contribution in [0.25, 0.3) is 32.8 Å². The third-order valence-corrected chi connectivity index (χ3v) is 8.39. The molecule has 2 aromatic heterocycles. The Morgan fingerprint density at radius 2 is 1.88 bits per heavy atom. The van der Waals surface area contributed by atoms with Crippen molar-refractivity contribution in [1.29, 1.82) is 0 Å². The van der Waals surface area contributed by atoms with E-state index in [0.717, 1.165) is 62.8 Å². The van der Waals surface area contributed by atoms with Crippen LogP contribution in [0.15, 0.2) is 54.6 Å². The van der Waals surface area contributed by atoms with E-state index in [1.807, 2.05) is 53.6 Å². The Balaban J connectivity index is 1.46. The maximum Gasteiger partial charge on any atom is 0.355 e. The van der Waals surface area contributed by atoms with Gasteiger partial charge in [-0.15, -0.1) is 4.68 Å². The standard InChI is InChI=1S/C35H38FN3O4/c1-4-28-32-29(38(3)37-28)22-41-20-9-8-19-39-33-26(17-18-27(36)31(32)33)25(34(39)35(40)42-5-2)15-11-21-43-30-16-10-13-23-12-6-7-14-24(23)30/h6-7,10,12-14,16-18H,4-5,8-9,11,15,19-22H2,1-3H3/p+1. The molecule has 6 rings (SSSR count). The third-order valence-electron chi connectivity index (χ3n) is 8.39. The number of esters is 1. The monoisotopic (exact) mass is 584 g/mol. The minimum atomic E-state index is -0.378. The Morgan fingerprint density at radius 1 is 1.05 bits per heavy atom. The number of H-pyrrole nitrogens is 1. The van der Waals surface area contributed by atoms with Crippen molar-refractivity contribution in [1.82, 2.24) is 9.67 Å². The highest BCUT2D eigenvalue weighted by molar-refractivity contribution is 6.05. The Labute approximate surface area is 251 Å². The normalized spacial score (nSPS) is 13.6. The summed E-state index contributed by atoms with van der Waals surface area (Å²) in [6.07, 6.45) is 3.58. The van der Waals surface area contributed by atoms with Crippen LogP contribution in [0.1, 0.15) is 60.5 Å². The lowest BCUT2D eigenvalue weighted by Gasteiger charge is -2.13. The first-order valence-corrected chi connectivity index (χ1v) is 15.3. The number of aromatic amines is 1. The van der Waals surface area contributed by atoms with Crippen molar-refractivity contribution in [3.8, 4) is 16.9 Å². The van der Waals surface area contributed by atoms with Gasteiger partial charge in [-0.1, -0.05) is 43.3 Å². The highest BCUT2D eigenvalue weighted by Crippen LogP contribution is 2.40. The van der Waals surface area contributed by atoms with Crippen LogP contribution < -0.4 is 9.42 Å². The van der Waals surface area contributed by atoms with E-state index in [9.17, 15) is 4.79 Å². The maximum atomic E-state index is 16.1. The van der Waals surface area contributed by atoms with Crippen LogP contribution in [0.2, 0.25) is 0 Å². The number of nitrogens with zero attached hydrogens (tertiary/aromatic N) is 2. The van der Waals surface area contributed by atoms with Gasteiger partial charge in [-0.25, -0.2) is 9.18 Å². The summed E-state index contributed by atoms with van der Waals surface area (Å²) < 4.78 is 37.9. The summed E-state index contributed by atoms with van der Waals surface area (Å²) in [5.74, 6) is 0.145. The minimum absolute atomic E-state index is 0.261. The van der Waals surface area contributed by atoms with E-state index in [0.29, 0.717) is 56.9 Å². The molecule has 5 aromatic rings. The summed E-state index contributed by atoms with van der Waals surface area (Å²) in [7, 11) is 1.93. The maximum absolute atomic E-state index is 16.1. The molecule has 0 spiro atoms. The number of aryl methyl sites for hydroxylation is 4. The van der Waals surface area contributed by atoms with E-state index in [2.05, 4.69) is 30.2 Å². The van der Waals surface area contributed by atoms with Crippen molar-refractivity contribution >= 4 is 27.6 Å². The molecule has 0 aliphatic carbocycles. The van der Waals surface area contributed by atoms with Gasteiger partial charge in [0.25, 0.3) is 0 Å². The Kier molecular flexibility index (Phi) is 8.47. The Morgan fingerprint density at radius 3 is 2.72 bits per heavy atom. The van der Waals surface area contributed by atoms with Gasteiger partial charge in [0.2, 0.25) is 5.69 Å². The lowest BCUT2D eigenvalue weighted by molar-refractivity contribution is -0.735. The third kappa shape index (κ3) is 5.40. The first kappa shape index (κ1) is 28.9. The van der Waals surface area contributed by atoms with Crippen LogP contribution in [0.5, 0.6) is 5.75 Å². The number of halogens is 1. The summed E-state index contributed by atoms with van der Waals surface area (Å²) >= 11 is 0. The predicted molar refractivity (Wildman–Crippen MR) is 165 cm³/mol. The molecule has 0 amide bonds. The number of hydrogen-bond donors (Lipinski definition) is 1. The molecule has 3 heterocycles. The number of benzene rings is 3. The zero-order valence-corrected chi connectivity index (χ0v) is 25.2. The summed E-state index contributed by atoms with van der Waals surface area (Å²) in [5.41, 5.74) is 5.27. The van der Waals surface area contributed by atoms with E-state index in [-0.39, 0.29) is 18.4 Å². The molecule has 0 saturated heterocycles. The number of nitrogens with one attached hydrogen (secondary N) is 1. The van der Waals surface area contributed by atoms with Crippen LogP contribution in [0, 0.1) is 5.82 Å². The molecule has 0 fully saturated rings. The van der Waals surface area contributed by atoms with Gasteiger partial charge in [-0.05, 0) is 68.2 Å². The highest BCUT2D eigenvalue weighted by atomic mass is 19.1. The van der Waals surface area contributed by atoms with Crippen LogP contribution in [0.4, 0.5) is 4.39 Å². The number of aromatic nitrogens is 3. The van der Waals surface area contributed by atoms with Crippen molar-refractivity contribution in [2.75, 3.05) is 19.8 Å². The van der Waals surface area contributed by atoms with Crippen LogP contribution >= 0.6 is 0 Å². The second kappa shape index (κ2) is 12.6. The molecule has 0 bridgehead atoms. The van der Waals surface area contributed by atoms with Gasteiger partial charge in [0.1, 0.15) is 23.9 Å². The molecule has 1 N–H and O–H groups in total. The number of fused-ring (bicyclic) bond motifs is 3. The van der Waals surface area contributed by atoms with Crippen LogP contribution in [-0.4, -0.2) is 35.5 Å². The predicted octanol–water partition coefficient (Wildman–Crippen LogP) is 6.81. The Bertz CT molecular complexity index is 1780. The fourth-order valence-corrected chi connectivity index (χ4v) is 6.42. The van der Waals surface area contributed by atoms with Gasteiger partial charge >= 0.3 is 5.97 Å². The lowest BCUT2D eigenvalue weighted by atomic mass is 9.96. The smallest absolute Gasteiger partial charge is 0.355 e.